The van der Waals surface area contributed by atoms with Gasteiger partial charge in [0, 0.05) is 0 Å². The number of azo groups is 1. The molecule has 0 saturated carbocycles. The van der Waals surface area contributed by atoms with E-state index in [4.69, 9.17) is 9.47 Å². The van der Waals surface area contributed by atoms with Crippen LogP contribution in [0.1, 0.15) is 34.8 Å². The van der Waals surface area contributed by atoms with Crippen LogP contribution in [0.3, 0.4) is 0 Å². The molecule has 4 heterocycles. The van der Waals surface area contributed by atoms with E-state index in [0.29, 0.717) is 0 Å². The summed E-state index contributed by atoms with van der Waals surface area (Å²) in [5, 5.41) is 37.2. The van der Waals surface area contributed by atoms with Gasteiger partial charge in [-0.3, -0.25) is 0 Å². The fraction of sp³-hybridized carbons (Fsp3) is 0.286. The first-order chi connectivity index (χ1) is 15.6. The molecule has 4 aromatic rings. The number of rotatable bonds is 8. The zero-order valence-electron chi connectivity index (χ0n) is 16.4. The number of hydrogen-bond donors (Lipinski definition) is 0. The van der Waals surface area contributed by atoms with Crippen LogP contribution in [-0.2, 0) is 9.47 Å². The van der Waals surface area contributed by atoms with E-state index in [2.05, 4.69) is 60.7 Å². The SMILES string of the molecule is CCOC(=O)c1cn(-c2nonc2N=Nc2nonc2-n2cc(C(=O)OCC)nn2)nn1. The summed E-state index contributed by atoms with van der Waals surface area (Å²) < 4.78 is 21.2. The molecule has 0 bridgehead atoms. The summed E-state index contributed by atoms with van der Waals surface area (Å²) in [7, 11) is 0. The molecule has 0 aliphatic carbocycles. The minimum Gasteiger partial charge on any atom is -0.461 e. The zero-order valence-corrected chi connectivity index (χ0v) is 16.4. The molecule has 0 saturated heterocycles. The number of carbonyl (C=O) groups is 2. The Morgan fingerprint density at radius 2 is 1.25 bits per heavy atom. The van der Waals surface area contributed by atoms with Crippen molar-refractivity contribution in [3.63, 3.8) is 0 Å². The van der Waals surface area contributed by atoms with Crippen LogP contribution in [0.25, 0.3) is 11.6 Å². The molecule has 18 nitrogen and oxygen atoms in total. The van der Waals surface area contributed by atoms with Gasteiger partial charge in [-0.25, -0.2) is 18.8 Å². The van der Waals surface area contributed by atoms with Gasteiger partial charge in [-0.1, -0.05) is 10.4 Å². The van der Waals surface area contributed by atoms with Gasteiger partial charge in [0.1, 0.15) is 0 Å². The van der Waals surface area contributed by atoms with Crippen LogP contribution in [0.5, 0.6) is 0 Å². The van der Waals surface area contributed by atoms with E-state index < -0.39 is 11.9 Å². The molecule has 0 amide bonds. The van der Waals surface area contributed by atoms with E-state index in [1.165, 1.54) is 12.4 Å². The number of nitrogens with zero attached hydrogens (tertiary/aromatic N) is 12. The van der Waals surface area contributed by atoms with Crippen LogP contribution in [-0.4, -0.2) is 75.8 Å². The first kappa shape index (κ1) is 20.4. The van der Waals surface area contributed by atoms with Crippen LogP contribution in [0.4, 0.5) is 11.6 Å². The van der Waals surface area contributed by atoms with Gasteiger partial charge < -0.3 is 9.47 Å². The predicted molar refractivity (Wildman–Crippen MR) is 94.5 cm³/mol. The molecule has 32 heavy (non-hydrogen) atoms. The molecule has 164 valence electrons. The number of hydrogen-bond acceptors (Lipinski definition) is 16. The molecule has 0 radical (unpaired) electrons. The lowest BCUT2D eigenvalue weighted by molar-refractivity contribution is 0.0510. The lowest BCUT2D eigenvalue weighted by Crippen LogP contribution is -2.04. The molecule has 4 aromatic heterocycles. The summed E-state index contributed by atoms with van der Waals surface area (Å²) in [5.41, 5.74) is -0.103. The summed E-state index contributed by atoms with van der Waals surface area (Å²) in [6, 6.07) is 0. The maximum absolute atomic E-state index is 11.7. The smallest absolute Gasteiger partial charge is 0.360 e. The predicted octanol–water partition coefficient (Wildman–Crippen LogP) is 0.383. The second kappa shape index (κ2) is 8.85. The summed E-state index contributed by atoms with van der Waals surface area (Å²) in [4.78, 5) is 23.5. The molecule has 4 rings (SSSR count). The highest BCUT2D eigenvalue weighted by atomic mass is 16.6. The van der Waals surface area contributed by atoms with E-state index in [0.717, 1.165) is 9.36 Å². The van der Waals surface area contributed by atoms with Crippen LogP contribution in [0.15, 0.2) is 31.9 Å². The van der Waals surface area contributed by atoms with Gasteiger partial charge in [0.25, 0.3) is 11.6 Å². The Hall–Kier alpha value is -4.90. The summed E-state index contributed by atoms with van der Waals surface area (Å²) in [6.45, 7) is 3.67. The van der Waals surface area contributed by atoms with Gasteiger partial charge in [0.15, 0.2) is 11.4 Å². The standard InChI is InChI=1S/C14H12N12O6/c1-3-29-13(27)7-5-25(23-15-7)11-9(19-31-21-11)17-18-10-12(22-32-20-10)26-6-8(16-24-26)14(28)30-4-2/h5-6H,3-4H2,1-2H3. The zero-order chi connectivity index (χ0) is 22.5. The molecular formula is C14H12N12O6. The van der Waals surface area contributed by atoms with Crippen molar-refractivity contribution in [1.29, 1.82) is 0 Å². The molecule has 0 N–H and O–H groups in total. The second-order valence-electron chi connectivity index (χ2n) is 5.56. The van der Waals surface area contributed by atoms with E-state index in [9.17, 15) is 9.59 Å². The van der Waals surface area contributed by atoms with Crippen LogP contribution >= 0.6 is 0 Å². The van der Waals surface area contributed by atoms with E-state index in [1.807, 2.05) is 0 Å². The van der Waals surface area contributed by atoms with E-state index in [1.54, 1.807) is 13.8 Å². The highest BCUT2D eigenvalue weighted by Gasteiger charge is 2.20. The highest BCUT2D eigenvalue weighted by molar-refractivity contribution is 5.87. The minimum absolute atomic E-state index is 0.0137. The van der Waals surface area contributed by atoms with E-state index in [-0.39, 0.29) is 47.9 Å². The van der Waals surface area contributed by atoms with Crippen molar-refractivity contribution in [2.45, 2.75) is 13.8 Å². The molecule has 0 aliphatic rings. The van der Waals surface area contributed by atoms with Crippen molar-refractivity contribution in [3.8, 4) is 11.6 Å². The highest BCUT2D eigenvalue weighted by Crippen LogP contribution is 2.23. The lowest BCUT2D eigenvalue weighted by Gasteiger charge is -1.95. The van der Waals surface area contributed by atoms with Gasteiger partial charge in [0.2, 0.25) is 11.6 Å². The van der Waals surface area contributed by atoms with Gasteiger partial charge in [-0.2, -0.15) is 9.36 Å². The summed E-state index contributed by atoms with van der Waals surface area (Å²) in [5.74, 6) is -1.59. The first-order valence-corrected chi connectivity index (χ1v) is 8.87. The van der Waals surface area contributed by atoms with Crippen molar-refractivity contribution in [2.24, 2.45) is 10.2 Å². The summed E-state index contributed by atoms with van der Waals surface area (Å²) in [6.07, 6.45) is 2.51. The number of esters is 2. The third-order valence-electron chi connectivity index (χ3n) is 3.54. The summed E-state index contributed by atoms with van der Waals surface area (Å²) >= 11 is 0. The Morgan fingerprint density at radius 1 is 0.812 bits per heavy atom. The maximum Gasteiger partial charge on any atom is 0.360 e. The number of aromatic nitrogens is 10. The van der Waals surface area contributed by atoms with Crippen molar-refractivity contribution in [3.05, 3.63) is 23.8 Å². The van der Waals surface area contributed by atoms with Gasteiger partial charge in [-0.05, 0) is 34.5 Å². The Labute approximate surface area is 176 Å². The quantitative estimate of drug-likeness (QED) is 0.265. The minimum atomic E-state index is -0.660. The Bertz CT molecular complexity index is 1170. The molecule has 0 aliphatic heterocycles. The van der Waals surface area contributed by atoms with Crippen molar-refractivity contribution < 1.29 is 28.3 Å². The van der Waals surface area contributed by atoms with Crippen molar-refractivity contribution in [1.82, 2.24) is 50.6 Å². The Balaban J connectivity index is 1.56. The normalized spacial score (nSPS) is 11.2. The average Bonchev–Trinajstić information content (AvgIpc) is 3.58. The van der Waals surface area contributed by atoms with Crippen LogP contribution < -0.4 is 0 Å². The van der Waals surface area contributed by atoms with E-state index >= 15 is 0 Å². The molecule has 18 heteroatoms. The molecule has 0 spiro atoms. The average molecular weight is 444 g/mol. The molecule has 0 aromatic carbocycles. The maximum atomic E-state index is 11.7. The van der Waals surface area contributed by atoms with Crippen molar-refractivity contribution in [2.75, 3.05) is 13.2 Å². The van der Waals surface area contributed by atoms with Crippen molar-refractivity contribution >= 4 is 23.6 Å². The molecular weight excluding hydrogens is 432 g/mol. The third-order valence-corrected chi connectivity index (χ3v) is 3.54. The molecule has 0 fully saturated rings. The third kappa shape index (κ3) is 4.04. The number of carbonyl (C=O) groups excluding carboxylic acids is 2. The molecule has 0 unspecified atom stereocenters. The lowest BCUT2D eigenvalue weighted by atomic mass is 10.5. The second-order valence-corrected chi connectivity index (χ2v) is 5.56. The van der Waals surface area contributed by atoms with Gasteiger partial charge in [0.05, 0.1) is 25.6 Å². The Kier molecular flexibility index (Phi) is 5.64. The van der Waals surface area contributed by atoms with Crippen LogP contribution in [0.2, 0.25) is 0 Å². The monoisotopic (exact) mass is 444 g/mol. The number of ether oxygens (including phenoxy) is 2. The largest absolute Gasteiger partial charge is 0.461 e. The first-order valence-electron chi connectivity index (χ1n) is 8.87. The van der Waals surface area contributed by atoms with Crippen LogP contribution in [0, 0.1) is 0 Å². The van der Waals surface area contributed by atoms with Gasteiger partial charge in [-0.15, -0.1) is 20.4 Å². The Morgan fingerprint density at radius 3 is 1.66 bits per heavy atom. The fourth-order valence-corrected chi connectivity index (χ4v) is 2.20. The van der Waals surface area contributed by atoms with Gasteiger partial charge >= 0.3 is 11.9 Å². The topological polar surface area (TPSA) is 217 Å². The fourth-order valence-electron chi connectivity index (χ4n) is 2.20. The molecule has 0 atom stereocenters.